The van der Waals surface area contributed by atoms with Crippen LogP contribution in [-0.4, -0.2) is 22.1 Å². The molecular formula is C23H21N3O4S. The van der Waals surface area contributed by atoms with Gasteiger partial charge in [-0.25, -0.2) is 4.98 Å². The lowest BCUT2D eigenvalue weighted by atomic mass is 10.2. The molecule has 1 N–H and O–H groups in total. The fourth-order valence-electron chi connectivity index (χ4n) is 3.04. The number of fused-ring (bicyclic) bond motifs is 1. The van der Waals surface area contributed by atoms with Crippen LogP contribution >= 0.6 is 11.8 Å². The molecule has 0 bridgehead atoms. The van der Waals surface area contributed by atoms with Gasteiger partial charge in [0.2, 0.25) is 0 Å². The smallest absolute Gasteiger partial charge is 0.287 e. The maximum atomic E-state index is 12.4. The second-order valence-electron chi connectivity index (χ2n) is 6.97. The third-order valence-corrected chi connectivity index (χ3v) is 5.62. The highest BCUT2D eigenvalue weighted by Gasteiger charge is 2.11. The van der Waals surface area contributed by atoms with Crippen molar-refractivity contribution in [3.05, 3.63) is 88.0 Å². The fourth-order valence-corrected chi connectivity index (χ4v) is 3.94. The molecule has 0 saturated heterocycles. The maximum absolute atomic E-state index is 12.4. The van der Waals surface area contributed by atoms with E-state index in [1.807, 2.05) is 55.5 Å². The van der Waals surface area contributed by atoms with Crippen molar-refractivity contribution >= 4 is 29.0 Å². The number of aryl methyl sites for hydroxylation is 2. The Morgan fingerprint density at radius 3 is 2.74 bits per heavy atom. The van der Waals surface area contributed by atoms with Gasteiger partial charge >= 0.3 is 0 Å². The number of nitrogens with zero attached hydrogens (tertiary/aromatic N) is 2. The molecule has 0 saturated carbocycles. The minimum absolute atomic E-state index is 0.0846. The molecule has 0 aliphatic heterocycles. The molecule has 4 rings (SSSR count). The SMILES string of the molecule is Cc1cc2nc(CSc3ccccc3NC(=O)COc3ccccc3C)cc(=O)n2o1. The third kappa shape index (κ3) is 4.97. The Kier molecular flexibility index (Phi) is 6.08. The molecule has 0 radical (unpaired) electrons. The van der Waals surface area contributed by atoms with Gasteiger partial charge in [0, 0.05) is 22.8 Å². The van der Waals surface area contributed by atoms with Gasteiger partial charge in [-0.05, 0) is 37.6 Å². The minimum atomic E-state index is -0.261. The average molecular weight is 436 g/mol. The average Bonchev–Trinajstić information content (AvgIpc) is 3.13. The summed E-state index contributed by atoms with van der Waals surface area (Å²) in [6.07, 6.45) is 0. The quantitative estimate of drug-likeness (QED) is 0.438. The van der Waals surface area contributed by atoms with E-state index in [-0.39, 0.29) is 18.1 Å². The number of benzene rings is 2. The lowest BCUT2D eigenvalue weighted by Gasteiger charge is -2.12. The van der Waals surface area contributed by atoms with Crippen LogP contribution in [0.1, 0.15) is 17.0 Å². The summed E-state index contributed by atoms with van der Waals surface area (Å²) in [5.74, 6) is 1.53. The van der Waals surface area contributed by atoms with Crippen LogP contribution in [0.25, 0.3) is 5.65 Å². The molecule has 2 aromatic carbocycles. The second kappa shape index (κ2) is 9.09. The van der Waals surface area contributed by atoms with E-state index in [1.165, 1.54) is 22.4 Å². The first-order valence-electron chi connectivity index (χ1n) is 9.69. The Morgan fingerprint density at radius 2 is 1.90 bits per heavy atom. The molecule has 7 nitrogen and oxygen atoms in total. The van der Waals surface area contributed by atoms with Gasteiger partial charge in [0.15, 0.2) is 12.3 Å². The number of hydrogen-bond acceptors (Lipinski definition) is 6. The summed E-state index contributed by atoms with van der Waals surface area (Å²) >= 11 is 1.49. The van der Waals surface area contributed by atoms with Gasteiger partial charge in [-0.15, -0.1) is 16.3 Å². The Balaban J connectivity index is 1.42. The number of para-hydroxylation sites is 2. The molecule has 158 valence electrons. The van der Waals surface area contributed by atoms with Crippen molar-refractivity contribution in [2.75, 3.05) is 11.9 Å². The van der Waals surface area contributed by atoms with Gasteiger partial charge in [-0.2, -0.15) is 0 Å². The summed E-state index contributed by atoms with van der Waals surface area (Å²) < 4.78 is 12.1. The number of ether oxygens (including phenoxy) is 1. The van der Waals surface area contributed by atoms with Crippen LogP contribution < -0.4 is 15.6 Å². The zero-order valence-corrected chi connectivity index (χ0v) is 17.9. The molecule has 2 heterocycles. The van der Waals surface area contributed by atoms with Crippen molar-refractivity contribution in [2.45, 2.75) is 24.5 Å². The van der Waals surface area contributed by atoms with Crippen molar-refractivity contribution in [2.24, 2.45) is 0 Å². The molecular weight excluding hydrogens is 414 g/mol. The van der Waals surface area contributed by atoms with E-state index in [9.17, 15) is 9.59 Å². The van der Waals surface area contributed by atoms with Crippen LogP contribution in [0.3, 0.4) is 0 Å². The summed E-state index contributed by atoms with van der Waals surface area (Å²) in [6.45, 7) is 3.62. The largest absolute Gasteiger partial charge is 0.483 e. The number of carbonyl (C=O) groups excluding carboxylic acids is 1. The molecule has 1 amide bonds. The number of amides is 1. The molecule has 0 atom stereocenters. The van der Waals surface area contributed by atoms with Gasteiger partial charge in [-0.1, -0.05) is 30.3 Å². The number of aromatic nitrogens is 2. The summed E-state index contributed by atoms with van der Waals surface area (Å²) in [5.41, 5.74) is 2.52. The number of rotatable bonds is 7. The lowest BCUT2D eigenvalue weighted by Crippen LogP contribution is -2.20. The van der Waals surface area contributed by atoms with E-state index in [4.69, 9.17) is 9.26 Å². The van der Waals surface area contributed by atoms with Crippen LogP contribution in [0.15, 0.2) is 74.9 Å². The summed E-state index contributed by atoms with van der Waals surface area (Å²) in [6, 6.07) is 18.2. The monoisotopic (exact) mass is 435 g/mol. The van der Waals surface area contributed by atoms with Crippen molar-refractivity contribution in [1.29, 1.82) is 0 Å². The van der Waals surface area contributed by atoms with E-state index in [2.05, 4.69) is 10.3 Å². The Labute approximate surface area is 183 Å². The Morgan fingerprint density at radius 1 is 1.13 bits per heavy atom. The van der Waals surface area contributed by atoms with Crippen LogP contribution in [0.5, 0.6) is 5.75 Å². The van der Waals surface area contributed by atoms with Crippen LogP contribution in [0.4, 0.5) is 5.69 Å². The highest BCUT2D eigenvalue weighted by Crippen LogP contribution is 2.29. The molecule has 31 heavy (non-hydrogen) atoms. The van der Waals surface area contributed by atoms with Gasteiger partial charge in [0.25, 0.3) is 11.5 Å². The van der Waals surface area contributed by atoms with Gasteiger partial charge < -0.3 is 14.6 Å². The molecule has 0 aliphatic rings. The number of anilines is 1. The van der Waals surface area contributed by atoms with Crippen molar-refractivity contribution in [3.8, 4) is 5.75 Å². The van der Waals surface area contributed by atoms with E-state index in [0.717, 1.165) is 10.5 Å². The zero-order chi connectivity index (χ0) is 21.8. The maximum Gasteiger partial charge on any atom is 0.287 e. The number of thioether (sulfide) groups is 1. The van der Waals surface area contributed by atoms with Crippen LogP contribution in [0, 0.1) is 13.8 Å². The standard InChI is InChI=1S/C23H21N3O4S/c1-15-7-3-5-9-19(15)29-13-22(27)25-18-8-4-6-10-20(18)31-14-17-12-23(28)26-21(24-17)11-16(2)30-26/h3-12H,13-14H2,1-2H3,(H,25,27). The second-order valence-corrected chi connectivity index (χ2v) is 7.99. The summed E-state index contributed by atoms with van der Waals surface area (Å²) in [7, 11) is 0. The van der Waals surface area contributed by atoms with Gasteiger partial charge in [0.05, 0.1) is 11.4 Å². The van der Waals surface area contributed by atoms with E-state index >= 15 is 0 Å². The lowest BCUT2D eigenvalue weighted by molar-refractivity contribution is -0.118. The fraction of sp³-hybridized carbons (Fsp3) is 0.174. The Bertz CT molecular complexity index is 1300. The molecule has 2 aromatic heterocycles. The van der Waals surface area contributed by atoms with Crippen molar-refractivity contribution in [3.63, 3.8) is 0 Å². The van der Waals surface area contributed by atoms with Crippen LogP contribution in [0.2, 0.25) is 0 Å². The Hall–Kier alpha value is -3.52. The van der Waals surface area contributed by atoms with Crippen molar-refractivity contribution < 1.29 is 14.1 Å². The highest BCUT2D eigenvalue weighted by molar-refractivity contribution is 7.98. The minimum Gasteiger partial charge on any atom is -0.483 e. The zero-order valence-electron chi connectivity index (χ0n) is 17.1. The molecule has 0 unspecified atom stereocenters. The van der Waals surface area contributed by atoms with E-state index in [1.54, 1.807) is 13.0 Å². The number of carbonyl (C=O) groups is 1. The summed E-state index contributed by atoms with van der Waals surface area (Å²) in [4.78, 5) is 30.0. The normalized spacial score (nSPS) is 10.9. The summed E-state index contributed by atoms with van der Waals surface area (Å²) in [5, 5.41) is 2.89. The van der Waals surface area contributed by atoms with E-state index < -0.39 is 0 Å². The number of hydrogen-bond donors (Lipinski definition) is 1. The first-order valence-corrected chi connectivity index (χ1v) is 10.7. The molecule has 8 heteroatoms. The highest BCUT2D eigenvalue weighted by atomic mass is 32.2. The first kappa shape index (κ1) is 20.7. The topological polar surface area (TPSA) is 85.8 Å². The third-order valence-electron chi connectivity index (χ3n) is 4.51. The molecule has 0 fully saturated rings. The molecule has 0 spiro atoms. The van der Waals surface area contributed by atoms with Crippen LogP contribution in [-0.2, 0) is 10.5 Å². The van der Waals surface area contributed by atoms with Crippen molar-refractivity contribution in [1.82, 2.24) is 9.56 Å². The molecule has 4 aromatic rings. The van der Waals surface area contributed by atoms with Gasteiger partial charge in [0.1, 0.15) is 11.5 Å². The number of nitrogens with one attached hydrogen (secondary N) is 1. The van der Waals surface area contributed by atoms with E-state index in [0.29, 0.717) is 34.3 Å². The first-order chi connectivity index (χ1) is 15.0. The predicted octanol–water partition coefficient (Wildman–Crippen LogP) is 4.21. The predicted molar refractivity (Wildman–Crippen MR) is 120 cm³/mol. The van der Waals surface area contributed by atoms with Gasteiger partial charge in [-0.3, -0.25) is 9.59 Å². The molecule has 0 aliphatic carbocycles.